The van der Waals surface area contributed by atoms with Gasteiger partial charge in [0.2, 0.25) is 0 Å². The molecule has 6 nitrogen and oxygen atoms in total. The normalized spacial score (nSPS) is 10.8. The van der Waals surface area contributed by atoms with Crippen LogP contribution in [0.5, 0.6) is 5.75 Å². The lowest BCUT2D eigenvalue weighted by atomic mass is 10.2. The summed E-state index contributed by atoms with van der Waals surface area (Å²) in [6.45, 7) is 0. The van der Waals surface area contributed by atoms with Gasteiger partial charge in [-0.05, 0) is 18.2 Å². The van der Waals surface area contributed by atoms with Gasteiger partial charge in [-0.1, -0.05) is 23.9 Å². The number of methoxy groups -OCH3 is 1. The maximum Gasteiger partial charge on any atom is 0.270 e. The van der Waals surface area contributed by atoms with Gasteiger partial charge in [-0.3, -0.25) is 10.1 Å². The molecule has 1 aromatic heterocycles. The smallest absolute Gasteiger partial charge is 0.270 e. The number of non-ortho nitro benzene ring substituents is 1. The van der Waals surface area contributed by atoms with Gasteiger partial charge in [0.05, 0.1) is 23.1 Å². The van der Waals surface area contributed by atoms with Gasteiger partial charge >= 0.3 is 0 Å². The van der Waals surface area contributed by atoms with Gasteiger partial charge in [0.15, 0.2) is 5.16 Å². The summed E-state index contributed by atoms with van der Waals surface area (Å²) in [4.78, 5) is 18.2. The Kier molecular flexibility index (Phi) is 3.97. The standard InChI is InChI=1S/C15H13N3O3S/c1-21-14-7-6-11(18(19)20)8-10(14)9-22-15-16-12-4-2-3-5-13(12)17-15/h2-8H,9H2,1H3,(H,16,17). The molecular formula is C15H13N3O3S. The van der Waals surface area contributed by atoms with E-state index in [2.05, 4.69) is 9.97 Å². The molecule has 0 aliphatic heterocycles. The predicted octanol–water partition coefficient (Wildman–Crippen LogP) is 3.77. The Hall–Kier alpha value is -2.54. The number of rotatable bonds is 5. The second kappa shape index (κ2) is 6.07. The summed E-state index contributed by atoms with van der Waals surface area (Å²) < 4.78 is 5.26. The first kappa shape index (κ1) is 14.4. The van der Waals surface area contributed by atoms with Crippen molar-refractivity contribution in [3.63, 3.8) is 0 Å². The maximum absolute atomic E-state index is 10.9. The highest BCUT2D eigenvalue weighted by Gasteiger charge is 2.12. The number of nitro benzene ring substituents is 1. The van der Waals surface area contributed by atoms with Crippen molar-refractivity contribution in [3.05, 3.63) is 58.1 Å². The van der Waals surface area contributed by atoms with Crippen molar-refractivity contribution >= 4 is 28.5 Å². The van der Waals surface area contributed by atoms with Gasteiger partial charge in [0, 0.05) is 23.4 Å². The molecule has 0 aliphatic rings. The first-order valence-electron chi connectivity index (χ1n) is 6.56. The molecule has 0 saturated heterocycles. The number of benzene rings is 2. The number of thioether (sulfide) groups is 1. The van der Waals surface area contributed by atoms with E-state index in [9.17, 15) is 10.1 Å². The molecule has 0 radical (unpaired) electrons. The van der Waals surface area contributed by atoms with Crippen molar-refractivity contribution in [2.75, 3.05) is 7.11 Å². The number of aromatic nitrogens is 2. The number of para-hydroxylation sites is 2. The SMILES string of the molecule is COc1ccc([N+](=O)[O-])cc1CSc1nc2ccccc2[nH]1. The van der Waals surface area contributed by atoms with Crippen LogP contribution in [0.4, 0.5) is 5.69 Å². The van der Waals surface area contributed by atoms with Crippen LogP contribution < -0.4 is 4.74 Å². The molecule has 0 saturated carbocycles. The zero-order chi connectivity index (χ0) is 15.5. The van der Waals surface area contributed by atoms with Crippen LogP contribution in [0, 0.1) is 10.1 Å². The third-order valence-corrected chi connectivity index (χ3v) is 4.13. The van der Waals surface area contributed by atoms with Crippen molar-refractivity contribution in [2.45, 2.75) is 10.9 Å². The number of H-pyrrole nitrogens is 1. The Balaban J connectivity index is 1.83. The molecule has 7 heteroatoms. The number of nitrogens with one attached hydrogen (secondary N) is 1. The fourth-order valence-corrected chi connectivity index (χ4v) is 3.00. The van der Waals surface area contributed by atoms with Crippen molar-refractivity contribution in [1.82, 2.24) is 9.97 Å². The second-order valence-electron chi connectivity index (χ2n) is 4.60. The maximum atomic E-state index is 10.9. The number of ether oxygens (including phenoxy) is 1. The van der Waals surface area contributed by atoms with Crippen molar-refractivity contribution < 1.29 is 9.66 Å². The van der Waals surface area contributed by atoms with E-state index >= 15 is 0 Å². The summed E-state index contributed by atoms with van der Waals surface area (Å²) in [7, 11) is 1.55. The topological polar surface area (TPSA) is 81.1 Å². The van der Waals surface area contributed by atoms with Crippen LogP contribution in [0.3, 0.4) is 0 Å². The van der Waals surface area contributed by atoms with Gasteiger partial charge < -0.3 is 9.72 Å². The van der Waals surface area contributed by atoms with Crippen LogP contribution in [0.25, 0.3) is 11.0 Å². The van der Waals surface area contributed by atoms with Gasteiger partial charge in [-0.2, -0.15) is 0 Å². The molecule has 112 valence electrons. The van der Waals surface area contributed by atoms with Gasteiger partial charge in [0.25, 0.3) is 5.69 Å². The Morgan fingerprint density at radius 2 is 2.14 bits per heavy atom. The quantitative estimate of drug-likeness (QED) is 0.440. The summed E-state index contributed by atoms with van der Waals surface area (Å²) in [6, 6.07) is 12.4. The van der Waals surface area contributed by atoms with Crippen LogP contribution in [-0.2, 0) is 5.75 Å². The largest absolute Gasteiger partial charge is 0.496 e. The summed E-state index contributed by atoms with van der Waals surface area (Å²) >= 11 is 1.48. The highest BCUT2D eigenvalue weighted by atomic mass is 32.2. The van der Waals surface area contributed by atoms with Gasteiger partial charge in [0.1, 0.15) is 5.75 Å². The van der Waals surface area contributed by atoms with Gasteiger partial charge in [-0.15, -0.1) is 0 Å². The van der Waals surface area contributed by atoms with E-state index in [4.69, 9.17) is 4.74 Å². The predicted molar refractivity (Wildman–Crippen MR) is 85.3 cm³/mol. The highest BCUT2D eigenvalue weighted by Crippen LogP contribution is 2.30. The third kappa shape index (κ3) is 2.89. The lowest BCUT2D eigenvalue weighted by molar-refractivity contribution is -0.384. The number of hydrogen-bond acceptors (Lipinski definition) is 5. The van der Waals surface area contributed by atoms with Crippen LogP contribution >= 0.6 is 11.8 Å². The molecule has 0 unspecified atom stereocenters. The molecule has 22 heavy (non-hydrogen) atoms. The molecule has 2 aromatic carbocycles. The fraction of sp³-hybridized carbons (Fsp3) is 0.133. The summed E-state index contributed by atoms with van der Waals surface area (Å²) in [5.74, 6) is 1.17. The lowest BCUT2D eigenvalue weighted by Crippen LogP contribution is -1.94. The van der Waals surface area contributed by atoms with E-state index in [0.717, 1.165) is 21.8 Å². The third-order valence-electron chi connectivity index (χ3n) is 3.21. The molecular weight excluding hydrogens is 302 g/mol. The molecule has 3 rings (SSSR count). The number of fused-ring (bicyclic) bond motifs is 1. The Morgan fingerprint density at radius 3 is 2.86 bits per heavy atom. The number of nitro groups is 1. The molecule has 0 fully saturated rings. The van der Waals surface area contributed by atoms with Crippen LogP contribution in [0.15, 0.2) is 47.6 Å². The van der Waals surface area contributed by atoms with Crippen molar-refractivity contribution in [3.8, 4) is 5.75 Å². The Labute approximate surface area is 130 Å². The molecule has 0 spiro atoms. The second-order valence-corrected chi connectivity index (χ2v) is 5.57. The minimum atomic E-state index is -0.408. The van der Waals surface area contributed by atoms with Crippen molar-refractivity contribution in [2.24, 2.45) is 0 Å². The van der Waals surface area contributed by atoms with Crippen LogP contribution in [-0.4, -0.2) is 22.0 Å². The minimum absolute atomic E-state index is 0.0565. The lowest BCUT2D eigenvalue weighted by Gasteiger charge is -2.07. The monoisotopic (exact) mass is 315 g/mol. The molecule has 0 amide bonds. The fourth-order valence-electron chi connectivity index (χ4n) is 2.14. The first-order valence-corrected chi connectivity index (χ1v) is 7.55. The highest BCUT2D eigenvalue weighted by molar-refractivity contribution is 7.98. The van der Waals surface area contributed by atoms with E-state index < -0.39 is 4.92 Å². The van der Waals surface area contributed by atoms with Crippen LogP contribution in [0.2, 0.25) is 0 Å². The molecule has 3 aromatic rings. The van der Waals surface area contributed by atoms with E-state index in [1.807, 2.05) is 24.3 Å². The zero-order valence-corrected chi connectivity index (χ0v) is 12.6. The molecule has 0 bridgehead atoms. The molecule has 1 N–H and O–H groups in total. The molecule has 1 heterocycles. The molecule has 0 atom stereocenters. The summed E-state index contributed by atoms with van der Waals surface area (Å²) in [5, 5.41) is 11.7. The number of imidazole rings is 1. The molecule has 0 aliphatic carbocycles. The number of hydrogen-bond donors (Lipinski definition) is 1. The average molecular weight is 315 g/mol. The summed E-state index contributed by atoms with van der Waals surface area (Å²) in [6.07, 6.45) is 0. The van der Waals surface area contributed by atoms with E-state index in [0.29, 0.717) is 11.5 Å². The zero-order valence-electron chi connectivity index (χ0n) is 11.8. The Bertz CT molecular complexity index is 799. The van der Waals surface area contributed by atoms with E-state index in [1.165, 1.54) is 23.9 Å². The number of aromatic amines is 1. The minimum Gasteiger partial charge on any atom is -0.496 e. The van der Waals surface area contributed by atoms with E-state index in [-0.39, 0.29) is 5.69 Å². The summed E-state index contributed by atoms with van der Waals surface area (Å²) in [5.41, 5.74) is 2.69. The van der Waals surface area contributed by atoms with E-state index in [1.54, 1.807) is 13.2 Å². The van der Waals surface area contributed by atoms with Gasteiger partial charge in [-0.25, -0.2) is 4.98 Å². The number of nitrogens with zero attached hydrogens (tertiary/aromatic N) is 2. The Morgan fingerprint density at radius 1 is 1.32 bits per heavy atom. The average Bonchev–Trinajstić information content (AvgIpc) is 2.95. The first-order chi connectivity index (χ1) is 10.7. The van der Waals surface area contributed by atoms with Crippen LogP contribution in [0.1, 0.15) is 5.56 Å². The van der Waals surface area contributed by atoms with Crippen molar-refractivity contribution in [1.29, 1.82) is 0 Å².